The fourth-order valence-electron chi connectivity index (χ4n) is 3.03. The molecule has 170 valence electrons. The minimum absolute atomic E-state index is 0.0229. The predicted octanol–water partition coefficient (Wildman–Crippen LogP) is 3.34. The first kappa shape index (κ1) is 22.2. The number of alkyl halides is 3. The minimum Gasteiger partial charge on any atom is -0.406 e. The van der Waals surface area contributed by atoms with Gasteiger partial charge in [0.15, 0.2) is 10.8 Å². The predicted molar refractivity (Wildman–Crippen MR) is 106 cm³/mol. The van der Waals surface area contributed by atoms with E-state index in [0.29, 0.717) is 27.9 Å². The summed E-state index contributed by atoms with van der Waals surface area (Å²) >= 11 is 1.14. The topological polar surface area (TPSA) is 115 Å². The van der Waals surface area contributed by atoms with Crippen LogP contribution in [0.3, 0.4) is 0 Å². The summed E-state index contributed by atoms with van der Waals surface area (Å²) in [4.78, 5) is 17.0. The Labute approximate surface area is 183 Å². The van der Waals surface area contributed by atoms with E-state index in [-0.39, 0.29) is 23.7 Å². The molecule has 1 aliphatic rings. The van der Waals surface area contributed by atoms with E-state index in [4.69, 9.17) is 4.52 Å². The Balaban J connectivity index is 1.47. The van der Waals surface area contributed by atoms with Gasteiger partial charge in [0, 0.05) is 23.9 Å². The maximum absolute atomic E-state index is 12.9. The third-order valence-electron chi connectivity index (χ3n) is 4.47. The van der Waals surface area contributed by atoms with E-state index in [1.165, 1.54) is 10.4 Å². The van der Waals surface area contributed by atoms with Gasteiger partial charge >= 0.3 is 6.36 Å². The second-order valence-electron chi connectivity index (χ2n) is 6.77. The van der Waals surface area contributed by atoms with Crippen LogP contribution in [0.5, 0.6) is 5.75 Å². The number of ether oxygens (including phenoxy) is 1. The molecule has 14 heteroatoms. The highest BCUT2D eigenvalue weighted by Crippen LogP contribution is 2.32. The van der Waals surface area contributed by atoms with Crippen LogP contribution in [0.4, 0.5) is 18.3 Å². The van der Waals surface area contributed by atoms with Crippen LogP contribution in [0.25, 0.3) is 0 Å². The molecular formula is C18H15F3N4O5S2. The van der Waals surface area contributed by atoms with Gasteiger partial charge in [0.1, 0.15) is 11.5 Å². The number of halogens is 3. The van der Waals surface area contributed by atoms with Crippen LogP contribution >= 0.6 is 11.3 Å². The van der Waals surface area contributed by atoms with E-state index in [1.807, 2.05) is 0 Å². The normalized spacial score (nSPS) is 14.8. The van der Waals surface area contributed by atoms with Gasteiger partial charge in [0.05, 0.1) is 17.1 Å². The highest BCUT2D eigenvalue weighted by molar-refractivity contribution is 7.89. The average molecular weight is 488 g/mol. The Kier molecular flexibility index (Phi) is 5.68. The molecule has 0 unspecified atom stereocenters. The second-order valence-corrected chi connectivity index (χ2v) is 9.80. The Morgan fingerprint density at radius 1 is 1.28 bits per heavy atom. The fraction of sp³-hybridized carbons (Fsp3) is 0.278. The van der Waals surface area contributed by atoms with Gasteiger partial charge in [0.25, 0.3) is 5.91 Å². The molecule has 0 spiro atoms. The van der Waals surface area contributed by atoms with Crippen LogP contribution in [0.15, 0.2) is 39.8 Å². The number of hydrogen-bond donors (Lipinski definition) is 1. The number of aromatic nitrogens is 2. The van der Waals surface area contributed by atoms with Gasteiger partial charge in [-0.2, -0.15) is 4.31 Å². The highest BCUT2D eigenvalue weighted by Gasteiger charge is 2.33. The van der Waals surface area contributed by atoms with Gasteiger partial charge in [0.2, 0.25) is 10.0 Å². The number of hydrogen-bond acceptors (Lipinski definition) is 8. The third kappa shape index (κ3) is 4.76. The molecule has 4 rings (SSSR count). The maximum Gasteiger partial charge on any atom is 0.573 e. The van der Waals surface area contributed by atoms with Crippen molar-refractivity contribution in [3.05, 3.63) is 52.4 Å². The zero-order valence-electron chi connectivity index (χ0n) is 16.3. The monoisotopic (exact) mass is 488 g/mol. The number of rotatable bonds is 5. The van der Waals surface area contributed by atoms with E-state index < -0.39 is 28.0 Å². The second kappa shape index (κ2) is 8.18. The van der Waals surface area contributed by atoms with Gasteiger partial charge in [-0.3, -0.25) is 10.1 Å². The van der Waals surface area contributed by atoms with Gasteiger partial charge in [-0.15, -0.1) is 24.5 Å². The molecule has 0 radical (unpaired) electrons. The number of fused-ring (bicyclic) bond motifs is 1. The molecule has 2 aromatic heterocycles. The van der Waals surface area contributed by atoms with Gasteiger partial charge in [-0.1, -0.05) is 5.16 Å². The summed E-state index contributed by atoms with van der Waals surface area (Å²) in [6, 6.07) is 5.49. The largest absolute Gasteiger partial charge is 0.573 e. The maximum atomic E-state index is 12.9. The number of nitrogens with one attached hydrogen (secondary N) is 1. The first-order valence-corrected chi connectivity index (χ1v) is 11.4. The van der Waals surface area contributed by atoms with Crippen molar-refractivity contribution < 1.29 is 35.6 Å². The average Bonchev–Trinajstić information content (AvgIpc) is 3.32. The van der Waals surface area contributed by atoms with Crippen molar-refractivity contribution in [1.82, 2.24) is 14.4 Å². The van der Waals surface area contributed by atoms with Gasteiger partial charge < -0.3 is 9.26 Å². The number of nitrogens with zero attached hydrogens (tertiary/aromatic N) is 3. The number of aryl methyl sites for hydroxylation is 1. The molecule has 1 N–H and O–H groups in total. The molecule has 0 saturated heterocycles. The van der Waals surface area contributed by atoms with Crippen molar-refractivity contribution >= 4 is 32.4 Å². The summed E-state index contributed by atoms with van der Waals surface area (Å²) in [6.45, 7) is 1.81. The Bertz CT molecular complexity index is 1250. The van der Waals surface area contributed by atoms with Crippen molar-refractivity contribution in [2.75, 3.05) is 11.9 Å². The summed E-state index contributed by atoms with van der Waals surface area (Å²) in [6.07, 6.45) is -4.55. The summed E-state index contributed by atoms with van der Waals surface area (Å²) in [5.41, 5.74) is 0.764. The quantitative estimate of drug-likeness (QED) is 0.586. The number of benzene rings is 1. The Hall–Kier alpha value is -2.97. The lowest BCUT2D eigenvalue weighted by Crippen LogP contribution is -2.35. The van der Waals surface area contributed by atoms with Crippen LogP contribution in [0, 0.1) is 6.92 Å². The number of amides is 1. The van der Waals surface area contributed by atoms with Crippen molar-refractivity contribution in [2.45, 2.75) is 31.1 Å². The molecule has 1 amide bonds. The molecule has 1 aromatic carbocycles. The van der Waals surface area contributed by atoms with E-state index in [1.54, 1.807) is 6.92 Å². The molecule has 3 aromatic rings. The third-order valence-corrected chi connectivity index (χ3v) is 7.33. The van der Waals surface area contributed by atoms with Crippen LogP contribution in [-0.4, -0.2) is 41.7 Å². The smallest absolute Gasteiger partial charge is 0.406 e. The minimum atomic E-state index is -4.87. The summed E-state index contributed by atoms with van der Waals surface area (Å²) < 4.78 is 72.6. The zero-order valence-corrected chi connectivity index (χ0v) is 18.0. The molecule has 0 fully saturated rings. The number of carbonyl (C=O) groups excluding carboxylic acids is 1. The fourth-order valence-corrected chi connectivity index (χ4v) is 5.54. The molecular weight excluding hydrogens is 473 g/mol. The van der Waals surface area contributed by atoms with Gasteiger partial charge in [-0.05, 0) is 31.2 Å². The zero-order chi connectivity index (χ0) is 23.1. The van der Waals surface area contributed by atoms with Crippen molar-refractivity contribution in [1.29, 1.82) is 0 Å². The van der Waals surface area contributed by atoms with Crippen molar-refractivity contribution in [3.8, 4) is 5.75 Å². The van der Waals surface area contributed by atoms with Crippen molar-refractivity contribution in [2.24, 2.45) is 0 Å². The van der Waals surface area contributed by atoms with Crippen LogP contribution in [-0.2, 0) is 23.0 Å². The molecule has 9 nitrogen and oxygen atoms in total. The number of carbonyl (C=O) groups is 1. The highest BCUT2D eigenvalue weighted by atomic mass is 32.2. The van der Waals surface area contributed by atoms with E-state index in [0.717, 1.165) is 35.6 Å². The molecule has 0 bridgehead atoms. The van der Waals surface area contributed by atoms with Crippen LogP contribution < -0.4 is 10.1 Å². The molecule has 0 saturated carbocycles. The lowest BCUT2D eigenvalue weighted by atomic mass is 10.2. The Morgan fingerprint density at radius 3 is 2.62 bits per heavy atom. The summed E-state index contributed by atoms with van der Waals surface area (Å²) in [5, 5.41) is 6.54. The molecule has 1 aliphatic heterocycles. The summed E-state index contributed by atoms with van der Waals surface area (Å²) in [5.74, 6) is -0.534. The molecule has 0 aliphatic carbocycles. The first-order chi connectivity index (χ1) is 15.0. The molecule has 0 atom stereocenters. The lowest BCUT2D eigenvalue weighted by Gasteiger charge is -2.25. The Morgan fingerprint density at radius 2 is 2.00 bits per heavy atom. The first-order valence-electron chi connectivity index (χ1n) is 9.10. The standard InChI is InChI=1S/C18H15F3N4O5S2/c1-10-8-14(24-30-10)16(26)23-17-22-13-6-7-25(9-15(13)31-17)32(27,28)12-4-2-11(3-5-12)29-18(19,20)21/h2-5,8H,6-7,9H2,1H3,(H,22,23,26). The SMILES string of the molecule is Cc1cc(C(=O)Nc2nc3c(s2)CN(S(=O)(=O)c2ccc(OC(F)(F)F)cc2)CC3)no1. The number of thiazole rings is 1. The van der Waals surface area contributed by atoms with E-state index in [2.05, 4.69) is 20.2 Å². The molecule has 3 heterocycles. The van der Waals surface area contributed by atoms with Crippen molar-refractivity contribution in [3.63, 3.8) is 0 Å². The van der Waals surface area contributed by atoms with E-state index >= 15 is 0 Å². The van der Waals surface area contributed by atoms with Gasteiger partial charge in [-0.25, -0.2) is 13.4 Å². The van der Waals surface area contributed by atoms with E-state index in [9.17, 15) is 26.4 Å². The van der Waals surface area contributed by atoms with Crippen LogP contribution in [0.2, 0.25) is 0 Å². The summed E-state index contributed by atoms with van der Waals surface area (Å²) in [7, 11) is -3.95. The number of sulfonamides is 1. The molecule has 32 heavy (non-hydrogen) atoms. The lowest BCUT2D eigenvalue weighted by molar-refractivity contribution is -0.274. The number of anilines is 1. The van der Waals surface area contributed by atoms with Crippen LogP contribution in [0.1, 0.15) is 26.8 Å².